The highest BCUT2D eigenvalue weighted by molar-refractivity contribution is 6.32. The molecule has 2 aromatic carbocycles. The van der Waals surface area contributed by atoms with Crippen LogP contribution in [0.4, 0.5) is 14.5 Å². The van der Waals surface area contributed by atoms with Crippen LogP contribution in [0.5, 0.6) is 5.75 Å². The second kappa shape index (κ2) is 7.53. The van der Waals surface area contributed by atoms with E-state index in [0.29, 0.717) is 11.4 Å². The van der Waals surface area contributed by atoms with Gasteiger partial charge in [-0.2, -0.15) is 8.78 Å². The maximum absolute atomic E-state index is 12.2. The third kappa shape index (κ3) is 4.18. The zero-order valence-electron chi connectivity index (χ0n) is 13.5. The summed E-state index contributed by atoms with van der Waals surface area (Å²) in [5.41, 5.74) is 2.74. The van der Waals surface area contributed by atoms with E-state index in [4.69, 9.17) is 16.1 Å². The summed E-state index contributed by atoms with van der Waals surface area (Å²) in [6.45, 7) is -1.02. The molecule has 1 N–H and O–H groups in total. The van der Waals surface area contributed by atoms with Gasteiger partial charge in [-0.05, 0) is 25.1 Å². The summed E-state index contributed by atoms with van der Waals surface area (Å²) in [6.07, 6.45) is 0. The maximum Gasteiger partial charge on any atom is 0.387 e. The molecule has 134 valence electrons. The van der Waals surface area contributed by atoms with Crippen molar-refractivity contribution in [1.29, 1.82) is 0 Å². The third-order valence-corrected chi connectivity index (χ3v) is 3.78. The molecule has 1 aromatic heterocycles. The molecule has 5 nitrogen and oxygen atoms in total. The van der Waals surface area contributed by atoms with Crippen LogP contribution in [-0.2, 0) is 0 Å². The van der Waals surface area contributed by atoms with Gasteiger partial charge in [0.1, 0.15) is 11.4 Å². The quantitative estimate of drug-likeness (QED) is 0.666. The number of nitrogens with zero attached hydrogens (tertiary/aromatic N) is 1. The van der Waals surface area contributed by atoms with Crippen molar-refractivity contribution < 1.29 is 22.8 Å². The molecule has 26 heavy (non-hydrogen) atoms. The van der Waals surface area contributed by atoms with Crippen molar-refractivity contribution >= 4 is 23.2 Å². The van der Waals surface area contributed by atoms with E-state index in [9.17, 15) is 13.6 Å². The number of carbonyl (C=O) groups excluding carboxylic acids is 1. The molecule has 0 aliphatic rings. The number of hydrogen-bond acceptors (Lipinski definition) is 4. The van der Waals surface area contributed by atoms with Crippen LogP contribution in [0.3, 0.4) is 0 Å². The summed E-state index contributed by atoms with van der Waals surface area (Å²) in [4.78, 5) is 12.2. The van der Waals surface area contributed by atoms with Gasteiger partial charge in [0.05, 0.1) is 5.02 Å². The molecule has 0 aliphatic heterocycles. The van der Waals surface area contributed by atoms with Crippen molar-refractivity contribution in [1.82, 2.24) is 5.16 Å². The highest BCUT2D eigenvalue weighted by Gasteiger charge is 2.15. The lowest BCUT2D eigenvalue weighted by Crippen LogP contribution is -2.11. The Labute approximate surface area is 152 Å². The van der Waals surface area contributed by atoms with E-state index < -0.39 is 12.5 Å². The van der Waals surface area contributed by atoms with Gasteiger partial charge < -0.3 is 14.6 Å². The van der Waals surface area contributed by atoms with Gasteiger partial charge in [0.15, 0.2) is 0 Å². The predicted octanol–water partition coefficient (Wildman–Crippen LogP) is 5.16. The number of halogens is 3. The van der Waals surface area contributed by atoms with Crippen molar-refractivity contribution in [3.8, 4) is 17.0 Å². The van der Waals surface area contributed by atoms with Crippen LogP contribution in [0.25, 0.3) is 11.3 Å². The standard InChI is InChI=1S/C18H13ClF2N2O3/c1-10-2-4-11(5-3-10)14-9-16(26-23-14)17(24)22-12-6-7-15(13(19)8-12)25-18(20)21/h2-9,18H,1H3,(H,22,24). The summed E-state index contributed by atoms with van der Waals surface area (Å²) in [5.74, 6) is -0.722. The minimum atomic E-state index is -2.98. The molecule has 0 spiro atoms. The van der Waals surface area contributed by atoms with Crippen LogP contribution >= 0.6 is 11.6 Å². The minimum absolute atomic E-state index is 0.00426. The molecule has 0 saturated carbocycles. The number of anilines is 1. The number of rotatable bonds is 5. The molecule has 8 heteroatoms. The Morgan fingerprint density at radius 3 is 2.58 bits per heavy atom. The Kier molecular flexibility index (Phi) is 5.18. The van der Waals surface area contributed by atoms with Gasteiger partial charge in [-0.15, -0.1) is 0 Å². The number of carbonyl (C=O) groups is 1. The fraction of sp³-hybridized carbons (Fsp3) is 0.111. The molecule has 0 unspecified atom stereocenters. The predicted molar refractivity (Wildman–Crippen MR) is 92.7 cm³/mol. The summed E-state index contributed by atoms with van der Waals surface area (Å²) in [5, 5.41) is 6.38. The lowest BCUT2D eigenvalue weighted by atomic mass is 10.1. The van der Waals surface area contributed by atoms with Crippen LogP contribution in [0.1, 0.15) is 16.1 Å². The van der Waals surface area contributed by atoms with Crippen molar-refractivity contribution in [3.63, 3.8) is 0 Å². The van der Waals surface area contributed by atoms with E-state index in [1.54, 1.807) is 0 Å². The smallest absolute Gasteiger partial charge is 0.387 e. The number of amides is 1. The van der Waals surface area contributed by atoms with Crippen molar-refractivity contribution in [3.05, 3.63) is 64.9 Å². The summed E-state index contributed by atoms with van der Waals surface area (Å²) >= 11 is 5.85. The Balaban J connectivity index is 1.72. The minimum Gasteiger partial charge on any atom is -0.433 e. The number of benzene rings is 2. The van der Waals surface area contributed by atoms with Crippen molar-refractivity contribution in [2.45, 2.75) is 13.5 Å². The number of ether oxygens (including phenoxy) is 1. The van der Waals surface area contributed by atoms with E-state index in [1.807, 2.05) is 31.2 Å². The lowest BCUT2D eigenvalue weighted by Gasteiger charge is -2.08. The molecular weight excluding hydrogens is 366 g/mol. The van der Waals surface area contributed by atoms with Gasteiger partial charge in [-0.3, -0.25) is 4.79 Å². The molecule has 0 aliphatic carbocycles. The molecule has 0 saturated heterocycles. The largest absolute Gasteiger partial charge is 0.433 e. The number of nitrogens with one attached hydrogen (secondary N) is 1. The van der Waals surface area contributed by atoms with Crippen molar-refractivity contribution in [2.75, 3.05) is 5.32 Å². The summed E-state index contributed by atoms with van der Waals surface area (Å²) in [7, 11) is 0. The SMILES string of the molecule is Cc1ccc(-c2cc(C(=O)Nc3ccc(OC(F)F)c(Cl)c3)on2)cc1. The van der Waals surface area contributed by atoms with E-state index >= 15 is 0 Å². The van der Waals surface area contributed by atoms with E-state index in [1.165, 1.54) is 24.3 Å². The highest BCUT2D eigenvalue weighted by atomic mass is 35.5. The molecule has 0 atom stereocenters. The van der Waals surface area contributed by atoms with Crippen molar-refractivity contribution in [2.24, 2.45) is 0 Å². The Morgan fingerprint density at radius 2 is 1.92 bits per heavy atom. The number of hydrogen-bond donors (Lipinski definition) is 1. The lowest BCUT2D eigenvalue weighted by molar-refractivity contribution is -0.0497. The molecule has 3 rings (SSSR count). The Bertz CT molecular complexity index is 926. The average molecular weight is 379 g/mol. The molecule has 0 radical (unpaired) electrons. The monoisotopic (exact) mass is 378 g/mol. The van der Waals surface area contributed by atoms with Crippen LogP contribution < -0.4 is 10.1 Å². The molecule has 1 heterocycles. The van der Waals surface area contributed by atoms with Crippen LogP contribution in [0.15, 0.2) is 53.1 Å². The van der Waals surface area contributed by atoms with Gasteiger partial charge in [0.2, 0.25) is 5.76 Å². The first-order chi connectivity index (χ1) is 12.4. The number of alkyl halides is 2. The van der Waals surface area contributed by atoms with Crippen LogP contribution in [-0.4, -0.2) is 17.7 Å². The Hall–Kier alpha value is -2.93. The molecule has 0 bridgehead atoms. The van der Waals surface area contributed by atoms with Gasteiger partial charge in [0, 0.05) is 17.3 Å². The van der Waals surface area contributed by atoms with Gasteiger partial charge in [-0.25, -0.2) is 0 Å². The van der Waals surface area contributed by atoms with E-state index in [2.05, 4.69) is 15.2 Å². The summed E-state index contributed by atoms with van der Waals surface area (Å²) in [6, 6.07) is 13.0. The molecular formula is C18H13ClF2N2O3. The normalized spacial score (nSPS) is 10.8. The van der Waals surface area contributed by atoms with E-state index in [0.717, 1.165) is 11.1 Å². The van der Waals surface area contributed by atoms with Gasteiger partial charge in [-0.1, -0.05) is 46.6 Å². The molecule has 1 amide bonds. The fourth-order valence-electron chi connectivity index (χ4n) is 2.21. The first-order valence-corrected chi connectivity index (χ1v) is 7.89. The fourth-order valence-corrected chi connectivity index (χ4v) is 2.43. The highest BCUT2D eigenvalue weighted by Crippen LogP contribution is 2.29. The number of aromatic nitrogens is 1. The second-order valence-electron chi connectivity index (χ2n) is 5.42. The van der Waals surface area contributed by atoms with Crippen LogP contribution in [0.2, 0.25) is 5.02 Å². The zero-order chi connectivity index (χ0) is 18.7. The maximum atomic E-state index is 12.2. The second-order valence-corrected chi connectivity index (χ2v) is 5.83. The first-order valence-electron chi connectivity index (χ1n) is 7.52. The Morgan fingerprint density at radius 1 is 1.19 bits per heavy atom. The molecule has 3 aromatic rings. The molecule has 0 fully saturated rings. The summed E-state index contributed by atoms with van der Waals surface area (Å²) < 4.78 is 33.8. The average Bonchev–Trinajstić information content (AvgIpc) is 3.08. The van der Waals surface area contributed by atoms with Gasteiger partial charge in [0.25, 0.3) is 5.91 Å². The topological polar surface area (TPSA) is 64.4 Å². The first kappa shape index (κ1) is 17.9. The van der Waals surface area contributed by atoms with Gasteiger partial charge >= 0.3 is 6.61 Å². The number of aryl methyl sites for hydroxylation is 1. The zero-order valence-corrected chi connectivity index (χ0v) is 14.3. The third-order valence-electron chi connectivity index (χ3n) is 3.49. The van der Waals surface area contributed by atoms with E-state index in [-0.39, 0.29) is 16.5 Å². The van der Waals surface area contributed by atoms with Crippen LogP contribution in [0, 0.1) is 6.92 Å².